The normalized spacial score (nSPS) is 13.6. The molecule has 82 valence electrons. The molecule has 0 amide bonds. The van der Waals surface area contributed by atoms with E-state index in [1.165, 1.54) is 19.1 Å². The van der Waals surface area contributed by atoms with Crippen molar-refractivity contribution in [2.45, 2.75) is 25.4 Å². The van der Waals surface area contributed by atoms with E-state index in [9.17, 15) is 13.9 Å². The molecule has 1 aromatic carbocycles. The van der Waals surface area contributed by atoms with E-state index in [1.54, 1.807) is 18.2 Å². The van der Waals surface area contributed by atoms with Gasteiger partial charge in [0, 0.05) is 6.42 Å². The molecule has 1 atom stereocenters. The van der Waals surface area contributed by atoms with E-state index in [2.05, 4.69) is 6.58 Å². The average Bonchev–Trinajstić information content (AvgIpc) is 2.16. The van der Waals surface area contributed by atoms with E-state index < -0.39 is 18.4 Å². The summed E-state index contributed by atoms with van der Waals surface area (Å²) in [5.74, 6) is -3.16. The maximum Gasteiger partial charge on any atom is 0.281 e. The van der Waals surface area contributed by atoms with Crippen molar-refractivity contribution in [3.05, 3.63) is 48.0 Å². The Kier molecular flexibility index (Phi) is 3.58. The molecule has 1 unspecified atom stereocenters. The summed E-state index contributed by atoms with van der Waals surface area (Å²) >= 11 is 0. The van der Waals surface area contributed by atoms with Crippen LogP contribution in [-0.2, 0) is 0 Å². The van der Waals surface area contributed by atoms with Crippen LogP contribution in [0.2, 0.25) is 0 Å². The maximum absolute atomic E-state index is 13.4. The lowest BCUT2D eigenvalue weighted by molar-refractivity contribution is -0.109. The molecule has 0 fully saturated rings. The highest BCUT2D eigenvalue weighted by atomic mass is 19.3. The highest BCUT2D eigenvalue weighted by Gasteiger charge is 2.38. The SMILES string of the molecule is C=C(C)CC(F)(F)C(O)c1ccccc1. The van der Waals surface area contributed by atoms with Gasteiger partial charge in [-0.05, 0) is 12.5 Å². The van der Waals surface area contributed by atoms with Crippen LogP contribution < -0.4 is 0 Å². The van der Waals surface area contributed by atoms with Crippen LogP contribution in [0.5, 0.6) is 0 Å². The van der Waals surface area contributed by atoms with Gasteiger partial charge in [0.25, 0.3) is 5.92 Å². The van der Waals surface area contributed by atoms with Crippen molar-refractivity contribution in [2.75, 3.05) is 0 Å². The van der Waals surface area contributed by atoms with Crippen molar-refractivity contribution < 1.29 is 13.9 Å². The fraction of sp³-hybridized carbons (Fsp3) is 0.333. The Hall–Kier alpha value is -1.22. The van der Waals surface area contributed by atoms with Crippen LogP contribution in [0.3, 0.4) is 0 Å². The molecule has 3 heteroatoms. The lowest BCUT2D eigenvalue weighted by Crippen LogP contribution is -2.26. The third-order valence-corrected chi connectivity index (χ3v) is 2.05. The van der Waals surface area contributed by atoms with Crippen molar-refractivity contribution >= 4 is 0 Å². The van der Waals surface area contributed by atoms with E-state index in [0.29, 0.717) is 5.57 Å². The van der Waals surface area contributed by atoms with Crippen LogP contribution in [0.1, 0.15) is 25.0 Å². The smallest absolute Gasteiger partial charge is 0.281 e. The van der Waals surface area contributed by atoms with Crippen molar-refractivity contribution in [2.24, 2.45) is 0 Å². The van der Waals surface area contributed by atoms with Gasteiger partial charge in [-0.1, -0.05) is 42.5 Å². The summed E-state index contributed by atoms with van der Waals surface area (Å²) in [6.45, 7) is 4.94. The predicted molar refractivity (Wildman–Crippen MR) is 55.8 cm³/mol. The van der Waals surface area contributed by atoms with Gasteiger partial charge < -0.3 is 5.11 Å². The van der Waals surface area contributed by atoms with E-state index in [4.69, 9.17) is 0 Å². The van der Waals surface area contributed by atoms with Gasteiger partial charge in [-0.2, -0.15) is 0 Å². The van der Waals surface area contributed by atoms with Crippen LogP contribution >= 0.6 is 0 Å². The van der Waals surface area contributed by atoms with Gasteiger partial charge in [0.1, 0.15) is 6.10 Å². The van der Waals surface area contributed by atoms with Crippen LogP contribution in [0.25, 0.3) is 0 Å². The molecule has 0 bridgehead atoms. The topological polar surface area (TPSA) is 20.2 Å². The first kappa shape index (κ1) is 11.9. The predicted octanol–water partition coefficient (Wildman–Crippen LogP) is 3.32. The highest BCUT2D eigenvalue weighted by Crippen LogP contribution is 2.35. The summed E-state index contributed by atoms with van der Waals surface area (Å²) in [5.41, 5.74) is 0.582. The number of hydrogen-bond acceptors (Lipinski definition) is 1. The number of hydrogen-bond donors (Lipinski definition) is 1. The fourth-order valence-corrected chi connectivity index (χ4v) is 1.38. The van der Waals surface area contributed by atoms with Crippen molar-refractivity contribution in [1.29, 1.82) is 0 Å². The summed E-state index contributed by atoms with van der Waals surface area (Å²) in [6.07, 6.45) is -2.27. The Morgan fingerprint density at radius 2 is 1.93 bits per heavy atom. The minimum Gasteiger partial charge on any atom is -0.382 e. The summed E-state index contributed by atoms with van der Waals surface area (Å²) in [7, 11) is 0. The zero-order chi connectivity index (χ0) is 11.5. The maximum atomic E-state index is 13.4. The van der Waals surface area contributed by atoms with Crippen molar-refractivity contribution in [3.8, 4) is 0 Å². The molecule has 0 heterocycles. The Morgan fingerprint density at radius 1 is 1.40 bits per heavy atom. The number of aliphatic hydroxyl groups is 1. The molecule has 1 aromatic rings. The summed E-state index contributed by atoms with van der Waals surface area (Å²) in [5, 5.41) is 9.51. The Labute approximate surface area is 88.1 Å². The van der Waals surface area contributed by atoms with Gasteiger partial charge in [-0.25, -0.2) is 8.78 Å². The number of alkyl halides is 2. The van der Waals surface area contributed by atoms with Gasteiger partial charge in [0.2, 0.25) is 0 Å². The molecule has 0 radical (unpaired) electrons. The molecule has 0 aliphatic heterocycles. The van der Waals surface area contributed by atoms with Gasteiger partial charge in [0.05, 0.1) is 0 Å². The molecular weight excluding hydrogens is 198 g/mol. The third-order valence-electron chi connectivity index (χ3n) is 2.05. The van der Waals surface area contributed by atoms with Crippen LogP contribution in [0.15, 0.2) is 42.5 Å². The molecule has 0 saturated heterocycles. The van der Waals surface area contributed by atoms with Gasteiger partial charge in [0.15, 0.2) is 0 Å². The van der Waals surface area contributed by atoms with E-state index in [1.807, 2.05) is 0 Å². The number of halogens is 2. The molecule has 1 rings (SSSR count). The number of rotatable bonds is 4. The zero-order valence-corrected chi connectivity index (χ0v) is 8.58. The summed E-state index contributed by atoms with van der Waals surface area (Å²) in [4.78, 5) is 0. The lowest BCUT2D eigenvalue weighted by atomic mass is 9.99. The molecule has 0 saturated carbocycles. The van der Waals surface area contributed by atoms with Crippen molar-refractivity contribution in [1.82, 2.24) is 0 Å². The monoisotopic (exact) mass is 212 g/mol. The Morgan fingerprint density at radius 3 is 2.40 bits per heavy atom. The van der Waals surface area contributed by atoms with Gasteiger partial charge in [-0.3, -0.25) is 0 Å². The van der Waals surface area contributed by atoms with Crippen LogP contribution in [0, 0.1) is 0 Å². The lowest BCUT2D eigenvalue weighted by Gasteiger charge is -2.22. The number of allylic oxidation sites excluding steroid dienone is 1. The molecule has 15 heavy (non-hydrogen) atoms. The second-order valence-corrected chi connectivity index (χ2v) is 3.71. The zero-order valence-electron chi connectivity index (χ0n) is 8.58. The Bertz CT molecular complexity index is 333. The Balaban J connectivity index is 2.84. The molecule has 1 N–H and O–H groups in total. The molecule has 0 aromatic heterocycles. The molecular formula is C12H14F2O. The summed E-state index contributed by atoms with van der Waals surface area (Å²) < 4.78 is 26.9. The standard InChI is InChI=1S/C12H14F2O/c1-9(2)8-12(13,14)11(15)10-6-4-3-5-7-10/h3-7,11,15H,1,8H2,2H3. The van der Waals surface area contributed by atoms with E-state index in [-0.39, 0.29) is 5.56 Å². The minimum atomic E-state index is -3.16. The number of aliphatic hydroxyl groups excluding tert-OH is 1. The second kappa shape index (κ2) is 4.53. The average molecular weight is 212 g/mol. The second-order valence-electron chi connectivity index (χ2n) is 3.71. The fourth-order valence-electron chi connectivity index (χ4n) is 1.38. The first-order chi connectivity index (χ1) is 6.93. The van der Waals surface area contributed by atoms with E-state index >= 15 is 0 Å². The van der Waals surface area contributed by atoms with Gasteiger partial charge in [-0.15, -0.1) is 0 Å². The first-order valence-corrected chi connectivity index (χ1v) is 4.68. The van der Waals surface area contributed by atoms with Crippen molar-refractivity contribution in [3.63, 3.8) is 0 Å². The number of benzene rings is 1. The highest BCUT2D eigenvalue weighted by molar-refractivity contribution is 5.20. The summed E-state index contributed by atoms with van der Waals surface area (Å²) in [6, 6.07) is 7.92. The molecule has 0 spiro atoms. The van der Waals surface area contributed by atoms with Crippen LogP contribution in [0.4, 0.5) is 8.78 Å². The molecule has 1 nitrogen and oxygen atoms in total. The quantitative estimate of drug-likeness (QED) is 0.759. The molecule has 0 aliphatic rings. The molecule has 0 aliphatic carbocycles. The third kappa shape index (κ3) is 3.13. The minimum absolute atomic E-state index is 0.226. The van der Waals surface area contributed by atoms with Gasteiger partial charge >= 0.3 is 0 Å². The van der Waals surface area contributed by atoms with Crippen LogP contribution in [-0.4, -0.2) is 11.0 Å². The largest absolute Gasteiger partial charge is 0.382 e. The first-order valence-electron chi connectivity index (χ1n) is 4.68. The van der Waals surface area contributed by atoms with E-state index in [0.717, 1.165) is 0 Å².